The van der Waals surface area contributed by atoms with Crippen LogP contribution in [0.15, 0.2) is 67.5 Å². The van der Waals surface area contributed by atoms with Gasteiger partial charge in [0.2, 0.25) is 0 Å². The summed E-state index contributed by atoms with van der Waals surface area (Å²) in [6.45, 7) is 7.83. The highest BCUT2D eigenvalue weighted by Gasteiger charge is 2.18. The minimum absolute atomic E-state index is 0.749. The van der Waals surface area contributed by atoms with Crippen molar-refractivity contribution in [1.29, 1.82) is 0 Å². The molecule has 0 unspecified atom stereocenters. The average Bonchev–Trinajstić information content (AvgIpc) is 3.41. The lowest BCUT2D eigenvalue weighted by atomic mass is 9.98. The number of imidazole rings is 1. The van der Waals surface area contributed by atoms with E-state index in [1.54, 1.807) is 18.5 Å². The minimum Gasteiger partial charge on any atom is -0.340 e. The zero-order valence-corrected chi connectivity index (χ0v) is 17.4. The fourth-order valence-electron chi connectivity index (χ4n) is 4.08. The van der Waals surface area contributed by atoms with Crippen molar-refractivity contribution in [2.45, 2.75) is 13.3 Å². The summed E-state index contributed by atoms with van der Waals surface area (Å²) in [5.74, 6) is 0.749. The minimum atomic E-state index is 0.749. The van der Waals surface area contributed by atoms with Crippen molar-refractivity contribution < 1.29 is 0 Å². The highest BCUT2D eigenvalue weighted by molar-refractivity contribution is 5.94. The second-order valence-electron chi connectivity index (χ2n) is 7.63. The number of nitrogens with one attached hydrogen (secondary N) is 3. The summed E-state index contributed by atoms with van der Waals surface area (Å²) in [7, 11) is 0. The van der Waals surface area contributed by atoms with Gasteiger partial charge >= 0.3 is 0 Å². The molecule has 0 fully saturated rings. The van der Waals surface area contributed by atoms with Crippen LogP contribution in [-0.2, 0) is 0 Å². The topological polar surface area (TPSA) is 82.3 Å². The number of aromatic amines is 2. The Bertz CT molecular complexity index is 1310. The Morgan fingerprint density at radius 1 is 1.16 bits per heavy atom. The molecular formula is C25H24N6. The molecule has 3 N–H and O–H groups in total. The van der Waals surface area contributed by atoms with Crippen LogP contribution in [0, 0.1) is 6.92 Å². The Labute approximate surface area is 180 Å². The van der Waals surface area contributed by atoms with Crippen LogP contribution in [0.25, 0.3) is 33.6 Å². The molecule has 0 saturated heterocycles. The molecule has 1 aliphatic rings. The highest BCUT2D eigenvalue weighted by atomic mass is 15.1. The Morgan fingerprint density at radius 2 is 2.03 bits per heavy atom. The number of aryl methyl sites for hydroxylation is 1. The van der Waals surface area contributed by atoms with Crippen molar-refractivity contribution in [1.82, 2.24) is 30.5 Å². The zero-order valence-electron chi connectivity index (χ0n) is 17.4. The van der Waals surface area contributed by atoms with Gasteiger partial charge in [-0.2, -0.15) is 5.10 Å². The van der Waals surface area contributed by atoms with Crippen LogP contribution >= 0.6 is 0 Å². The quantitative estimate of drug-likeness (QED) is 0.420. The predicted molar refractivity (Wildman–Crippen MR) is 125 cm³/mol. The largest absolute Gasteiger partial charge is 0.340 e. The number of hydrogen-bond acceptors (Lipinski definition) is 4. The van der Waals surface area contributed by atoms with Gasteiger partial charge < -0.3 is 10.3 Å². The first-order chi connectivity index (χ1) is 15.2. The van der Waals surface area contributed by atoms with Crippen molar-refractivity contribution in [2.24, 2.45) is 0 Å². The molecule has 4 aromatic rings. The van der Waals surface area contributed by atoms with Crippen LogP contribution in [-0.4, -0.2) is 38.2 Å². The zero-order chi connectivity index (χ0) is 21.2. The van der Waals surface area contributed by atoms with E-state index in [0.29, 0.717) is 0 Å². The molecule has 6 heteroatoms. The van der Waals surface area contributed by atoms with E-state index in [9.17, 15) is 0 Å². The van der Waals surface area contributed by atoms with Crippen molar-refractivity contribution in [3.05, 3.63) is 90.0 Å². The number of aromatic nitrogens is 5. The molecule has 6 nitrogen and oxygen atoms in total. The molecule has 1 aromatic carbocycles. The van der Waals surface area contributed by atoms with Gasteiger partial charge in [-0.05, 0) is 60.9 Å². The number of nitrogens with zero attached hydrogens (tertiary/aromatic N) is 3. The van der Waals surface area contributed by atoms with Crippen molar-refractivity contribution in [3.63, 3.8) is 0 Å². The molecule has 4 heterocycles. The molecule has 0 bridgehead atoms. The van der Waals surface area contributed by atoms with Gasteiger partial charge in [0.1, 0.15) is 5.69 Å². The Balaban J connectivity index is 1.59. The fraction of sp³-hybridized carbons (Fsp3) is 0.160. The maximum Gasteiger partial charge on any atom is 0.159 e. The molecule has 0 aliphatic carbocycles. The normalized spacial score (nSPS) is 14.6. The van der Waals surface area contributed by atoms with Crippen molar-refractivity contribution in [2.75, 3.05) is 13.1 Å². The summed E-state index contributed by atoms with van der Waals surface area (Å²) in [6.07, 6.45) is 10.6. The van der Waals surface area contributed by atoms with Gasteiger partial charge in [0, 0.05) is 35.6 Å². The highest BCUT2D eigenvalue weighted by Crippen LogP contribution is 2.32. The van der Waals surface area contributed by atoms with Crippen LogP contribution in [0.3, 0.4) is 0 Å². The fourth-order valence-corrected chi connectivity index (χ4v) is 4.08. The number of benzene rings is 1. The molecule has 0 radical (unpaired) electrons. The van der Waals surface area contributed by atoms with Crippen LogP contribution < -0.4 is 5.32 Å². The van der Waals surface area contributed by atoms with Crippen molar-refractivity contribution >= 4 is 22.0 Å². The maximum absolute atomic E-state index is 4.94. The molecule has 0 spiro atoms. The van der Waals surface area contributed by atoms with Gasteiger partial charge in [0.15, 0.2) is 5.82 Å². The van der Waals surface area contributed by atoms with E-state index in [2.05, 4.69) is 56.3 Å². The monoisotopic (exact) mass is 408 g/mol. The Hall–Kier alpha value is -3.77. The van der Waals surface area contributed by atoms with Crippen LogP contribution in [0.1, 0.15) is 28.9 Å². The van der Waals surface area contributed by atoms with E-state index in [-0.39, 0.29) is 0 Å². The maximum atomic E-state index is 4.94. The lowest BCUT2D eigenvalue weighted by Gasteiger charge is -2.14. The summed E-state index contributed by atoms with van der Waals surface area (Å²) in [6, 6.07) is 10.4. The third-order valence-electron chi connectivity index (χ3n) is 5.64. The lowest BCUT2D eigenvalue weighted by molar-refractivity contribution is 0.739. The van der Waals surface area contributed by atoms with E-state index < -0.39 is 0 Å². The third kappa shape index (κ3) is 3.62. The summed E-state index contributed by atoms with van der Waals surface area (Å²) in [5, 5.41) is 12.2. The van der Waals surface area contributed by atoms with Gasteiger partial charge in [-0.25, -0.2) is 4.98 Å². The molecule has 0 amide bonds. The standard InChI is InChI=1S/C25H24N6/c1-3-4-20(18-9-13-27-14-10-18)23-16(2)28-25(29-23)24-21-15-19(5-6-22(21)30-31-24)17-7-11-26-12-8-17/h3-7,9-10,13-15,26H,1,8,11-12H2,2H3,(H,28,29)(H,30,31)/b20-4-. The summed E-state index contributed by atoms with van der Waals surface area (Å²) < 4.78 is 0. The predicted octanol–water partition coefficient (Wildman–Crippen LogP) is 4.65. The van der Waals surface area contributed by atoms with E-state index in [0.717, 1.165) is 64.5 Å². The third-order valence-corrected chi connectivity index (χ3v) is 5.64. The molecule has 0 atom stereocenters. The lowest BCUT2D eigenvalue weighted by Crippen LogP contribution is -2.19. The van der Waals surface area contributed by atoms with Gasteiger partial charge in [0.05, 0.1) is 11.2 Å². The molecule has 5 rings (SSSR count). The van der Waals surface area contributed by atoms with E-state index in [1.165, 1.54) is 11.1 Å². The van der Waals surface area contributed by atoms with Crippen molar-refractivity contribution in [3.8, 4) is 11.5 Å². The average molecular weight is 409 g/mol. The smallest absolute Gasteiger partial charge is 0.159 e. The summed E-state index contributed by atoms with van der Waals surface area (Å²) >= 11 is 0. The second-order valence-corrected chi connectivity index (χ2v) is 7.63. The Morgan fingerprint density at radius 3 is 2.81 bits per heavy atom. The number of H-pyrrole nitrogens is 2. The molecule has 3 aromatic heterocycles. The number of rotatable bonds is 5. The van der Waals surface area contributed by atoms with Crippen LogP contribution in [0.5, 0.6) is 0 Å². The van der Waals surface area contributed by atoms with Gasteiger partial charge in [-0.3, -0.25) is 10.1 Å². The number of fused-ring (bicyclic) bond motifs is 1. The molecular weight excluding hydrogens is 384 g/mol. The molecule has 0 saturated carbocycles. The second kappa shape index (κ2) is 8.16. The first-order valence-corrected chi connectivity index (χ1v) is 10.4. The van der Waals surface area contributed by atoms with Gasteiger partial charge in [-0.15, -0.1) is 0 Å². The number of allylic oxidation sites excluding steroid dienone is 2. The van der Waals surface area contributed by atoms with E-state index in [4.69, 9.17) is 4.98 Å². The van der Waals surface area contributed by atoms with E-state index >= 15 is 0 Å². The Kier molecular flexibility index (Phi) is 5.06. The van der Waals surface area contributed by atoms with Crippen LogP contribution in [0.4, 0.5) is 0 Å². The molecule has 154 valence electrons. The van der Waals surface area contributed by atoms with Crippen LogP contribution in [0.2, 0.25) is 0 Å². The first kappa shape index (κ1) is 19.2. The summed E-state index contributed by atoms with van der Waals surface area (Å²) in [5.41, 5.74) is 8.35. The SMILES string of the molecule is C=C/C=C(/c1ccncc1)c1nc(-c2n[nH]c3ccc(C4=CCNCC4)cc23)[nH]c1C. The molecule has 1 aliphatic heterocycles. The molecule has 31 heavy (non-hydrogen) atoms. The van der Waals surface area contributed by atoms with E-state index in [1.807, 2.05) is 25.1 Å². The number of hydrogen-bond donors (Lipinski definition) is 3. The van der Waals surface area contributed by atoms with Gasteiger partial charge in [0.25, 0.3) is 0 Å². The first-order valence-electron chi connectivity index (χ1n) is 10.4. The summed E-state index contributed by atoms with van der Waals surface area (Å²) in [4.78, 5) is 12.5. The van der Waals surface area contributed by atoms with Gasteiger partial charge in [-0.1, -0.05) is 30.9 Å². The number of pyridine rings is 1.